The van der Waals surface area contributed by atoms with E-state index in [9.17, 15) is 0 Å². The molecule has 25 heavy (non-hydrogen) atoms. The lowest BCUT2D eigenvalue weighted by Crippen LogP contribution is -2.16. The Balaban J connectivity index is 1.76. The van der Waals surface area contributed by atoms with E-state index in [-0.39, 0.29) is 0 Å². The number of aromatic nitrogens is 4. The fraction of sp³-hybridized carbons (Fsp3) is 0.389. The topological polar surface area (TPSA) is 70.4 Å². The molecule has 0 aliphatic heterocycles. The monoisotopic (exact) mass is 339 g/mol. The van der Waals surface area contributed by atoms with Crippen molar-refractivity contribution in [1.29, 1.82) is 0 Å². The fourth-order valence-electron chi connectivity index (χ4n) is 2.77. The average Bonchev–Trinajstić information content (AvgIpc) is 2.93. The minimum Gasteiger partial charge on any atom is -0.367 e. The zero-order chi connectivity index (χ0) is 17.8. The lowest BCUT2D eigenvalue weighted by atomic mass is 10.1. The number of fused-ring (bicyclic) bond motifs is 1. The van der Waals surface area contributed by atoms with Crippen LogP contribution in [0.1, 0.15) is 17.5 Å². The number of hydrogen-bond acceptors (Lipinski definition) is 6. The van der Waals surface area contributed by atoms with E-state index in [1.165, 1.54) is 11.1 Å². The number of nitrogens with zero attached hydrogens (tertiary/aromatic N) is 5. The van der Waals surface area contributed by atoms with Gasteiger partial charge in [0.1, 0.15) is 0 Å². The van der Waals surface area contributed by atoms with Gasteiger partial charge in [-0.15, -0.1) is 5.10 Å². The SMILES string of the molecule is Cc1cc(C)cc(Nc2nc3c(NCCCN(C)C)nccn3n2)c1. The Kier molecular flexibility index (Phi) is 5.14. The van der Waals surface area contributed by atoms with E-state index in [4.69, 9.17) is 0 Å². The number of rotatable bonds is 7. The first-order valence-corrected chi connectivity index (χ1v) is 8.46. The highest BCUT2D eigenvalue weighted by Gasteiger charge is 2.09. The molecule has 3 rings (SSSR count). The number of nitrogens with one attached hydrogen (secondary N) is 2. The smallest absolute Gasteiger partial charge is 0.247 e. The zero-order valence-electron chi connectivity index (χ0n) is 15.2. The van der Waals surface area contributed by atoms with E-state index < -0.39 is 0 Å². The van der Waals surface area contributed by atoms with Crippen LogP contribution in [0.25, 0.3) is 5.65 Å². The Morgan fingerprint density at radius 3 is 2.60 bits per heavy atom. The van der Waals surface area contributed by atoms with Gasteiger partial charge in [0.25, 0.3) is 0 Å². The summed E-state index contributed by atoms with van der Waals surface area (Å²) in [6.45, 7) is 6.03. The maximum absolute atomic E-state index is 4.59. The van der Waals surface area contributed by atoms with Crippen molar-refractivity contribution in [3.05, 3.63) is 41.7 Å². The summed E-state index contributed by atoms with van der Waals surface area (Å²) < 4.78 is 1.74. The summed E-state index contributed by atoms with van der Waals surface area (Å²) in [6, 6.07) is 6.30. The normalized spacial score (nSPS) is 11.2. The van der Waals surface area contributed by atoms with E-state index in [1.54, 1.807) is 16.9 Å². The van der Waals surface area contributed by atoms with Crippen molar-refractivity contribution >= 4 is 23.1 Å². The van der Waals surface area contributed by atoms with Gasteiger partial charge in [0, 0.05) is 24.6 Å². The van der Waals surface area contributed by atoms with E-state index >= 15 is 0 Å². The highest BCUT2D eigenvalue weighted by molar-refractivity contribution is 5.65. The Morgan fingerprint density at radius 1 is 1.12 bits per heavy atom. The van der Waals surface area contributed by atoms with Gasteiger partial charge in [-0.1, -0.05) is 6.07 Å². The third kappa shape index (κ3) is 4.45. The van der Waals surface area contributed by atoms with Crippen LogP contribution in [0.5, 0.6) is 0 Å². The summed E-state index contributed by atoms with van der Waals surface area (Å²) in [7, 11) is 4.14. The third-order valence-electron chi connectivity index (χ3n) is 3.81. The second-order valence-corrected chi connectivity index (χ2v) is 6.56. The molecule has 0 amide bonds. The first kappa shape index (κ1) is 17.2. The van der Waals surface area contributed by atoms with E-state index in [0.29, 0.717) is 5.95 Å². The van der Waals surface area contributed by atoms with Crippen molar-refractivity contribution < 1.29 is 0 Å². The molecule has 2 aromatic heterocycles. The maximum Gasteiger partial charge on any atom is 0.247 e. The van der Waals surface area contributed by atoms with Crippen molar-refractivity contribution in [2.75, 3.05) is 37.8 Å². The van der Waals surface area contributed by atoms with Gasteiger partial charge in [0.05, 0.1) is 0 Å². The van der Waals surface area contributed by atoms with Crippen LogP contribution in [0, 0.1) is 13.8 Å². The van der Waals surface area contributed by atoms with Gasteiger partial charge in [-0.25, -0.2) is 9.50 Å². The van der Waals surface area contributed by atoms with E-state index in [0.717, 1.165) is 36.7 Å². The van der Waals surface area contributed by atoms with Gasteiger partial charge in [0.2, 0.25) is 5.95 Å². The first-order chi connectivity index (χ1) is 12.0. The lowest BCUT2D eigenvalue weighted by Gasteiger charge is -2.10. The van der Waals surface area contributed by atoms with Crippen LogP contribution in [-0.2, 0) is 0 Å². The Hall–Kier alpha value is -2.67. The summed E-state index contributed by atoms with van der Waals surface area (Å²) in [6.07, 6.45) is 4.58. The number of aryl methyl sites for hydroxylation is 2. The van der Waals surface area contributed by atoms with Crippen LogP contribution in [0.3, 0.4) is 0 Å². The third-order valence-corrected chi connectivity index (χ3v) is 3.81. The van der Waals surface area contributed by atoms with Crippen molar-refractivity contribution in [3.63, 3.8) is 0 Å². The van der Waals surface area contributed by atoms with Crippen LogP contribution in [0.15, 0.2) is 30.6 Å². The van der Waals surface area contributed by atoms with E-state index in [1.807, 2.05) is 0 Å². The number of benzene rings is 1. The van der Waals surface area contributed by atoms with Crippen LogP contribution < -0.4 is 10.6 Å². The lowest BCUT2D eigenvalue weighted by molar-refractivity contribution is 0.405. The predicted octanol–water partition coefficient (Wildman–Crippen LogP) is 2.85. The molecule has 0 aliphatic rings. The number of anilines is 3. The molecule has 0 aliphatic carbocycles. The van der Waals surface area contributed by atoms with Crippen LogP contribution >= 0.6 is 0 Å². The molecule has 132 valence electrons. The second kappa shape index (κ2) is 7.48. The minimum atomic E-state index is 0.564. The van der Waals surface area contributed by atoms with Crippen molar-refractivity contribution in [3.8, 4) is 0 Å². The Labute approximate surface area is 148 Å². The molecule has 0 saturated heterocycles. The van der Waals surface area contributed by atoms with Crippen molar-refractivity contribution in [1.82, 2.24) is 24.5 Å². The molecule has 1 aromatic carbocycles. The molecule has 0 unspecified atom stereocenters. The van der Waals surface area contributed by atoms with Crippen LogP contribution in [0.2, 0.25) is 0 Å². The first-order valence-electron chi connectivity index (χ1n) is 8.46. The maximum atomic E-state index is 4.59. The molecule has 7 heteroatoms. The minimum absolute atomic E-state index is 0.564. The largest absolute Gasteiger partial charge is 0.367 e. The molecule has 0 radical (unpaired) electrons. The summed E-state index contributed by atoms with van der Waals surface area (Å²) in [5.41, 5.74) is 4.12. The molecule has 2 N–H and O–H groups in total. The van der Waals surface area contributed by atoms with Gasteiger partial charge in [-0.2, -0.15) is 4.98 Å². The standard InChI is InChI=1S/C18H25N7/c1-13-10-14(2)12-15(11-13)21-18-22-17-16(19-6-5-8-24(3)4)20-7-9-25(17)23-18/h7,9-12H,5-6,8H2,1-4H3,(H,19,20)(H,21,23). The molecule has 0 bridgehead atoms. The quantitative estimate of drug-likeness (QED) is 0.645. The zero-order valence-corrected chi connectivity index (χ0v) is 15.2. The number of hydrogen-bond donors (Lipinski definition) is 2. The molecule has 0 spiro atoms. The highest BCUT2D eigenvalue weighted by atomic mass is 15.4. The molecule has 7 nitrogen and oxygen atoms in total. The van der Waals surface area contributed by atoms with Gasteiger partial charge in [-0.05, 0) is 64.2 Å². The molecule has 3 aromatic rings. The second-order valence-electron chi connectivity index (χ2n) is 6.56. The molecule has 0 fully saturated rings. The van der Waals surface area contributed by atoms with Gasteiger partial charge in [-0.3, -0.25) is 0 Å². The fourth-order valence-corrected chi connectivity index (χ4v) is 2.77. The van der Waals surface area contributed by atoms with E-state index in [2.05, 4.69) is 76.7 Å². The Morgan fingerprint density at radius 2 is 1.88 bits per heavy atom. The van der Waals surface area contributed by atoms with Gasteiger partial charge < -0.3 is 15.5 Å². The van der Waals surface area contributed by atoms with Gasteiger partial charge >= 0.3 is 0 Å². The summed E-state index contributed by atoms with van der Waals surface area (Å²) in [5.74, 6) is 1.32. The van der Waals surface area contributed by atoms with Crippen molar-refractivity contribution in [2.45, 2.75) is 20.3 Å². The van der Waals surface area contributed by atoms with Crippen LogP contribution in [0.4, 0.5) is 17.5 Å². The Bertz CT molecular complexity index is 834. The molecule has 0 saturated carbocycles. The molecular weight excluding hydrogens is 314 g/mol. The summed E-state index contributed by atoms with van der Waals surface area (Å²) in [5, 5.41) is 11.1. The summed E-state index contributed by atoms with van der Waals surface area (Å²) in [4.78, 5) is 11.1. The van der Waals surface area contributed by atoms with Crippen molar-refractivity contribution in [2.24, 2.45) is 0 Å². The average molecular weight is 339 g/mol. The molecule has 0 atom stereocenters. The highest BCUT2D eigenvalue weighted by Crippen LogP contribution is 2.19. The molecule has 2 heterocycles. The predicted molar refractivity (Wildman–Crippen MR) is 102 cm³/mol. The van der Waals surface area contributed by atoms with Gasteiger partial charge in [0.15, 0.2) is 11.5 Å². The molecular formula is C18H25N7. The van der Waals surface area contributed by atoms with Crippen LogP contribution in [-0.4, -0.2) is 51.7 Å². The summed E-state index contributed by atoms with van der Waals surface area (Å²) >= 11 is 0.